The number of benzene rings is 1. The lowest BCUT2D eigenvalue weighted by Crippen LogP contribution is -2.10. The predicted octanol–water partition coefficient (Wildman–Crippen LogP) is 1.29. The molecule has 15 heavy (non-hydrogen) atoms. The van der Waals surface area contributed by atoms with Crippen molar-refractivity contribution in [3.05, 3.63) is 39.4 Å². The summed E-state index contributed by atoms with van der Waals surface area (Å²) in [4.78, 5) is 10.3. The highest BCUT2D eigenvalue weighted by Crippen LogP contribution is 2.29. The molecule has 0 aliphatic carbocycles. The van der Waals surface area contributed by atoms with Crippen LogP contribution in [0.3, 0.4) is 0 Å². The Morgan fingerprint density at radius 1 is 1.60 bits per heavy atom. The summed E-state index contributed by atoms with van der Waals surface area (Å²) in [7, 11) is 0. The van der Waals surface area contributed by atoms with Crippen LogP contribution in [0, 0.1) is 17.0 Å². The maximum Gasteiger partial charge on any atom is 0.275 e. The summed E-state index contributed by atoms with van der Waals surface area (Å²) < 4.78 is 0. The van der Waals surface area contributed by atoms with E-state index in [-0.39, 0.29) is 5.69 Å². The second kappa shape index (κ2) is 4.86. The summed E-state index contributed by atoms with van der Waals surface area (Å²) in [6.07, 6.45) is -0.539. The Balaban J connectivity index is 3.18. The second-order valence-corrected chi connectivity index (χ2v) is 3.36. The Morgan fingerprint density at radius 2 is 2.27 bits per heavy atom. The number of hydrogen-bond donors (Lipinski definition) is 2. The Bertz CT molecular complexity index is 366. The van der Waals surface area contributed by atoms with E-state index in [4.69, 9.17) is 5.73 Å². The first kappa shape index (κ1) is 11.6. The smallest absolute Gasteiger partial charge is 0.275 e. The highest BCUT2D eigenvalue weighted by Gasteiger charge is 2.21. The number of aliphatic hydroxyl groups excluding tert-OH is 1. The lowest BCUT2D eigenvalue weighted by Gasteiger charge is -2.12. The van der Waals surface area contributed by atoms with E-state index in [2.05, 4.69) is 0 Å². The van der Waals surface area contributed by atoms with Gasteiger partial charge in [0.15, 0.2) is 0 Å². The van der Waals surface area contributed by atoms with E-state index >= 15 is 0 Å². The fourth-order valence-corrected chi connectivity index (χ4v) is 1.56. The van der Waals surface area contributed by atoms with Gasteiger partial charge in [-0.25, -0.2) is 0 Å². The zero-order valence-corrected chi connectivity index (χ0v) is 8.51. The Kier molecular flexibility index (Phi) is 3.76. The lowest BCUT2D eigenvalue weighted by atomic mass is 9.99. The quantitative estimate of drug-likeness (QED) is 0.578. The van der Waals surface area contributed by atoms with Crippen LogP contribution in [-0.2, 0) is 0 Å². The molecule has 82 valence electrons. The molecule has 1 aromatic rings. The number of nitro benzene ring substituents is 1. The number of hydrogen-bond acceptors (Lipinski definition) is 4. The highest BCUT2D eigenvalue weighted by atomic mass is 16.6. The van der Waals surface area contributed by atoms with Crippen molar-refractivity contribution in [1.82, 2.24) is 0 Å². The van der Waals surface area contributed by atoms with Crippen molar-refractivity contribution < 1.29 is 10.0 Å². The number of aryl methyl sites for hydroxylation is 1. The molecule has 1 atom stereocenters. The third kappa shape index (κ3) is 2.51. The standard InChI is InChI=1S/C10H14N2O3/c1-7-3-2-4-8(12(14)15)10(7)9(13)5-6-11/h2-4,9,13H,5-6,11H2,1H3. The lowest BCUT2D eigenvalue weighted by molar-refractivity contribution is -0.386. The number of nitrogens with two attached hydrogens (primary N) is 1. The molecular weight excluding hydrogens is 196 g/mol. The second-order valence-electron chi connectivity index (χ2n) is 3.36. The highest BCUT2D eigenvalue weighted by molar-refractivity contribution is 5.46. The van der Waals surface area contributed by atoms with Gasteiger partial charge >= 0.3 is 0 Å². The number of nitro groups is 1. The SMILES string of the molecule is Cc1cccc([N+](=O)[O-])c1C(O)CCN. The average molecular weight is 210 g/mol. The fraction of sp³-hybridized carbons (Fsp3) is 0.400. The molecule has 0 radical (unpaired) electrons. The van der Waals surface area contributed by atoms with Gasteiger partial charge in [0, 0.05) is 6.07 Å². The van der Waals surface area contributed by atoms with Crippen LogP contribution in [0.25, 0.3) is 0 Å². The number of aliphatic hydroxyl groups is 1. The Hall–Kier alpha value is -1.46. The van der Waals surface area contributed by atoms with E-state index in [1.165, 1.54) is 6.07 Å². The summed E-state index contributed by atoms with van der Waals surface area (Å²) in [5.74, 6) is 0. The molecule has 1 unspecified atom stereocenters. The molecule has 0 amide bonds. The van der Waals surface area contributed by atoms with Gasteiger partial charge < -0.3 is 10.8 Å². The minimum absolute atomic E-state index is 0.0454. The summed E-state index contributed by atoms with van der Waals surface area (Å²) in [5, 5.41) is 20.5. The van der Waals surface area contributed by atoms with Crippen molar-refractivity contribution in [2.75, 3.05) is 6.54 Å². The summed E-state index contributed by atoms with van der Waals surface area (Å²) in [6, 6.07) is 4.73. The van der Waals surface area contributed by atoms with Crippen molar-refractivity contribution in [1.29, 1.82) is 0 Å². The van der Waals surface area contributed by atoms with Gasteiger partial charge in [0.2, 0.25) is 0 Å². The zero-order chi connectivity index (χ0) is 11.4. The van der Waals surface area contributed by atoms with E-state index in [1.54, 1.807) is 19.1 Å². The molecule has 0 fully saturated rings. The van der Waals surface area contributed by atoms with E-state index in [0.29, 0.717) is 24.1 Å². The molecule has 0 saturated carbocycles. The molecule has 1 aromatic carbocycles. The maximum atomic E-state index is 10.7. The summed E-state index contributed by atoms with van der Waals surface area (Å²) in [6.45, 7) is 2.04. The van der Waals surface area contributed by atoms with Gasteiger partial charge in [-0.1, -0.05) is 12.1 Å². The molecule has 5 nitrogen and oxygen atoms in total. The van der Waals surface area contributed by atoms with Crippen LogP contribution in [0.4, 0.5) is 5.69 Å². The van der Waals surface area contributed by atoms with Crippen molar-refractivity contribution >= 4 is 5.69 Å². The third-order valence-corrected chi connectivity index (χ3v) is 2.27. The molecule has 1 rings (SSSR count). The van der Waals surface area contributed by atoms with Crippen LogP contribution >= 0.6 is 0 Å². The first-order valence-corrected chi connectivity index (χ1v) is 4.70. The third-order valence-electron chi connectivity index (χ3n) is 2.27. The van der Waals surface area contributed by atoms with Crippen molar-refractivity contribution in [3.8, 4) is 0 Å². The van der Waals surface area contributed by atoms with Crippen LogP contribution in [0.5, 0.6) is 0 Å². The molecule has 0 saturated heterocycles. The van der Waals surface area contributed by atoms with Gasteiger partial charge in [-0.2, -0.15) is 0 Å². The van der Waals surface area contributed by atoms with Crippen molar-refractivity contribution in [3.63, 3.8) is 0 Å². The topological polar surface area (TPSA) is 89.4 Å². The van der Waals surface area contributed by atoms with Crippen molar-refractivity contribution in [2.45, 2.75) is 19.4 Å². The molecule has 0 aliphatic rings. The predicted molar refractivity (Wildman–Crippen MR) is 56.5 cm³/mol. The van der Waals surface area contributed by atoms with Gasteiger partial charge in [0.25, 0.3) is 5.69 Å². The zero-order valence-electron chi connectivity index (χ0n) is 8.51. The van der Waals surface area contributed by atoms with Crippen LogP contribution in [0.2, 0.25) is 0 Å². The Labute approximate surface area is 87.7 Å². The molecule has 5 heteroatoms. The van der Waals surface area contributed by atoms with Gasteiger partial charge in [-0.3, -0.25) is 10.1 Å². The fourth-order valence-electron chi connectivity index (χ4n) is 1.56. The average Bonchev–Trinajstić information content (AvgIpc) is 2.17. The number of rotatable bonds is 4. The van der Waals surface area contributed by atoms with Crippen molar-refractivity contribution in [2.24, 2.45) is 5.73 Å². The first-order chi connectivity index (χ1) is 7.07. The molecule has 0 spiro atoms. The van der Waals surface area contributed by atoms with Gasteiger partial charge in [-0.15, -0.1) is 0 Å². The van der Waals surface area contributed by atoms with E-state index in [1.807, 2.05) is 0 Å². The summed E-state index contributed by atoms with van der Waals surface area (Å²) >= 11 is 0. The molecule has 0 bridgehead atoms. The van der Waals surface area contributed by atoms with Gasteiger partial charge in [-0.05, 0) is 25.5 Å². The first-order valence-electron chi connectivity index (χ1n) is 4.70. The van der Waals surface area contributed by atoms with E-state index in [9.17, 15) is 15.2 Å². The van der Waals surface area contributed by atoms with Crippen LogP contribution in [0.1, 0.15) is 23.7 Å². The molecule has 0 aliphatic heterocycles. The monoisotopic (exact) mass is 210 g/mol. The number of nitrogens with zero attached hydrogens (tertiary/aromatic N) is 1. The molecule has 3 N–H and O–H groups in total. The Morgan fingerprint density at radius 3 is 2.80 bits per heavy atom. The van der Waals surface area contributed by atoms with E-state index in [0.717, 1.165) is 0 Å². The van der Waals surface area contributed by atoms with Crippen LogP contribution in [-0.4, -0.2) is 16.6 Å². The minimum atomic E-state index is -0.864. The largest absolute Gasteiger partial charge is 0.388 e. The van der Waals surface area contributed by atoms with Gasteiger partial charge in [0.05, 0.1) is 16.6 Å². The van der Waals surface area contributed by atoms with Crippen LogP contribution < -0.4 is 5.73 Å². The summed E-state index contributed by atoms with van der Waals surface area (Å²) in [5.41, 5.74) is 6.35. The molecular formula is C10H14N2O3. The minimum Gasteiger partial charge on any atom is -0.388 e. The van der Waals surface area contributed by atoms with Crippen LogP contribution in [0.15, 0.2) is 18.2 Å². The van der Waals surface area contributed by atoms with E-state index < -0.39 is 11.0 Å². The molecule has 0 aromatic heterocycles. The van der Waals surface area contributed by atoms with Gasteiger partial charge in [0.1, 0.15) is 0 Å². The maximum absolute atomic E-state index is 10.7. The normalized spacial score (nSPS) is 12.5. The molecule has 0 heterocycles.